The summed E-state index contributed by atoms with van der Waals surface area (Å²) in [6.45, 7) is 5.92. The molecule has 3 rings (SSSR count). The van der Waals surface area contributed by atoms with Crippen LogP contribution in [0, 0.1) is 23.1 Å². The van der Waals surface area contributed by atoms with E-state index in [2.05, 4.69) is 15.3 Å². The molecule has 7 nitrogen and oxygen atoms in total. The van der Waals surface area contributed by atoms with Gasteiger partial charge in [0.1, 0.15) is 11.6 Å². The minimum absolute atomic E-state index is 0.0476. The average molecular weight is 419 g/mol. The zero-order valence-electron chi connectivity index (χ0n) is 17.8. The van der Waals surface area contributed by atoms with Gasteiger partial charge in [0, 0.05) is 0 Å². The summed E-state index contributed by atoms with van der Waals surface area (Å²) in [7, 11) is 0. The summed E-state index contributed by atoms with van der Waals surface area (Å²) in [6, 6.07) is 3.88. The number of fused-ring (bicyclic) bond motifs is 1. The highest BCUT2D eigenvalue weighted by Crippen LogP contribution is 2.34. The van der Waals surface area contributed by atoms with Crippen LogP contribution in [0.2, 0.25) is 0 Å². The molecule has 1 fully saturated rings. The molecule has 1 heterocycles. The van der Waals surface area contributed by atoms with E-state index in [1.165, 1.54) is 12.1 Å². The zero-order chi connectivity index (χ0) is 21.9. The number of H-pyrrole nitrogens is 1. The predicted molar refractivity (Wildman–Crippen MR) is 111 cm³/mol. The first-order valence-corrected chi connectivity index (χ1v) is 10.5. The summed E-state index contributed by atoms with van der Waals surface area (Å²) in [6.07, 6.45) is 5.37. The molecule has 1 saturated carbocycles. The molecule has 0 saturated heterocycles. The number of hydroxylamine groups is 2. The van der Waals surface area contributed by atoms with Crippen molar-refractivity contribution < 1.29 is 19.2 Å². The second kappa shape index (κ2) is 9.12. The molecule has 2 amide bonds. The maximum atomic E-state index is 13.6. The lowest BCUT2D eigenvalue weighted by molar-refractivity contribution is -0.155. The van der Waals surface area contributed by atoms with Crippen molar-refractivity contribution in [1.82, 2.24) is 20.3 Å². The van der Waals surface area contributed by atoms with Crippen molar-refractivity contribution in [2.45, 2.75) is 58.9 Å². The van der Waals surface area contributed by atoms with Crippen LogP contribution in [0.1, 0.15) is 64.7 Å². The molecule has 1 aromatic heterocycles. The number of carbonyl (C=O) groups excluding carboxylic acids is 2. The number of amides is 2. The van der Waals surface area contributed by atoms with Crippen molar-refractivity contribution in [3.63, 3.8) is 0 Å². The van der Waals surface area contributed by atoms with Gasteiger partial charge < -0.3 is 10.3 Å². The van der Waals surface area contributed by atoms with Gasteiger partial charge in [0.2, 0.25) is 12.3 Å². The normalized spacial score (nSPS) is 17.1. The number of imidazole rings is 1. The van der Waals surface area contributed by atoms with E-state index in [1.807, 2.05) is 20.8 Å². The molecular formula is C22H31FN4O3. The van der Waals surface area contributed by atoms with E-state index in [9.17, 15) is 19.2 Å². The average Bonchev–Trinajstić information content (AvgIpc) is 3.33. The minimum Gasteiger partial charge on any atom is -0.345 e. The van der Waals surface area contributed by atoms with Crippen LogP contribution in [0.4, 0.5) is 4.39 Å². The van der Waals surface area contributed by atoms with E-state index in [4.69, 9.17) is 0 Å². The largest absolute Gasteiger partial charge is 0.345 e. The van der Waals surface area contributed by atoms with Gasteiger partial charge in [0.25, 0.3) is 0 Å². The second-order valence-electron chi connectivity index (χ2n) is 9.40. The molecule has 0 radical (unpaired) electrons. The lowest BCUT2D eigenvalue weighted by Gasteiger charge is -2.32. The maximum absolute atomic E-state index is 13.6. The SMILES string of the molecule is CC(C)(C)[C@H](NC(=O)[C@H](CC1CCCC1)CN(O)C=O)c1nc2ccc(F)cc2[nH]1. The van der Waals surface area contributed by atoms with E-state index < -0.39 is 12.0 Å². The lowest BCUT2D eigenvalue weighted by atomic mass is 9.85. The molecule has 30 heavy (non-hydrogen) atoms. The Labute approximate surface area is 176 Å². The first-order chi connectivity index (χ1) is 14.2. The summed E-state index contributed by atoms with van der Waals surface area (Å²) in [5, 5.41) is 13.3. The van der Waals surface area contributed by atoms with Crippen LogP contribution >= 0.6 is 0 Å². The van der Waals surface area contributed by atoms with Crippen LogP contribution in [0.3, 0.4) is 0 Å². The Bertz CT molecular complexity index is 886. The van der Waals surface area contributed by atoms with E-state index in [0.29, 0.717) is 40.7 Å². The van der Waals surface area contributed by atoms with E-state index in [-0.39, 0.29) is 23.7 Å². The predicted octanol–water partition coefficient (Wildman–Crippen LogP) is 3.95. The summed E-state index contributed by atoms with van der Waals surface area (Å²) in [4.78, 5) is 31.8. The molecule has 2 atom stereocenters. The quantitative estimate of drug-likeness (QED) is 0.343. The number of nitrogens with one attached hydrogen (secondary N) is 2. The molecule has 0 aliphatic heterocycles. The first kappa shape index (κ1) is 22.2. The molecular weight excluding hydrogens is 387 g/mol. The molecule has 2 aromatic rings. The maximum Gasteiger partial charge on any atom is 0.233 e. The van der Waals surface area contributed by atoms with Crippen molar-refractivity contribution in [2.75, 3.05) is 6.54 Å². The molecule has 3 N–H and O–H groups in total. The Morgan fingerprint density at radius 3 is 2.73 bits per heavy atom. The Morgan fingerprint density at radius 2 is 2.10 bits per heavy atom. The molecule has 0 spiro atoms. The number of aromatic amines is 1. The minimum atomic E-state index is -0.519. The lowest BCUT2D eigenvalue weighted by Crippen LogP contribution is -2.43. The van der Waals surface area contributed by atoms with Crippen LogP contribution < -0.4 is 5.32 Å². The Balaban J connectivity index is 1.83. The number of hydrogen-bond acceptors (Lipinski definition) is 4. The molecule has 1 aromatic carbocycles. The van der Waals surface area contributed by atoms with Gasteiger partial charge in [-0.1, -0.05) is 46.5 Å². The number of nitrogens with zero attached hydrogens (tertiary/aromatic N) is 2. The van der Waals surface area contributed by atoms with Crippen LogP contribution in [0.15, 0.2) is 18.2 Å². The van der Waals surface area contributed by atoms with Crippen LogP contribution in [-0.4, -0.2) is 39.1 Å². The number of benzene rings is 1. The number of aromatic nitrogens is 2. The van der Waals surface area contributed by atoms with Crippen LogP contribution in [0.5, 0.6) is 0 Å². The van der Waals surface area contributed by atoms with Gasteiger partial charge >= 0.3 is 0 Å². The van der Waals surface area contributed by atoms with E-state index in [0.717, 1.165) is 25.7 Å². The smallest absolute Gasteiger partial charge is 0.233 e. The van der Waals surface area contributed by atoms with Gasteiger partial charge in [-0.2, -0.15) is 0 Å². The number of halogens is 1. The number of hydrogen-bond donors (Lipinski definition) is 3. The topological polar surface area (TPSA) is 98.3 Å². The fraction of sp³-hybridized carbons (Fsp3) is 0.591. The summed E-state index contributed by atoms with van der Waals surface area (Å²) in [5.41, 5.74) is 0.821. The van der Waals surface area contributed by atoms with Crippen molar-refractivity contribution >= 4 is 23.4 Å². The monoisotopic (exact) mass is 418 g/mol. The molecule has 8 heteroatoms. The van der Waals surface area contributed by atoms with Gasteiger partial charge in [-0.15, -0.1) is 0 Å². The van der Waals surface area contributed by atoms with Crippen LogP contribution in [0.25, 0.3) is 11.0 Å². The van der Waals surface area contributed by atoms with Gasteiger partial charge in [0.05, 0.1) is 29.5 Å². The van der Waals surface area contributed by atoms with Gasteiger partial charge in [-0.25, -0.2) is 14.4 Å². The molecule has 164 valence electrons. The standard InChI is InChI=1S/C22H31FN4O3/c1-22(2,3)19(20-24-17-9-8-16(23)11-18(17)25-20)26-21(29)15(12-27(30)13-28)10-14-6-4-5-7-14/h8-9,11,13-15,19,30H,4-7,10,12H2,1-3H3,(H,24,25)(H,26,29)/t15-,19-/m1/s1. The second-order valence-corrected chi connectivity index (χ2v) is 9.40. The highest BCUT2D eigenvalue weighted by Gasteiger charge is 2.34. The third kappa shape index (κ3) is 5.36. The Hall–Kier alpha value is -2.48. The number of carbonyl (C=O) groups is 2. The summed E-state index contributed by atoms with van der Waals surface area (Å²) in [5.74, 6) is -0.137. The third-order valence-electron chi connectivity index (χ3n) is 5.88. The summed E-state index contributed by atoms with van der Waals surface area (Å²) >= 11 is 0. The van der Waals surface area contributed by atoms with Gasteiger partial charge in [-0.3, -0.25) is 14.8 Å². The zero-order valence-corrected chi connectivity index (χ0v) is 17.8. The summed E-state index contributed by atoms with van der Waals surface area (Å²) < 4.78 is 13.6. The van der Waals surface area contributed by atoms with Crippen molar-refractivity contribution in [3.8, 4) is 0 Å². The fourth-order valence-corrected chi connectivity index (χ4v) is 4.28. The highest BCUT2D eigenvalue weighted by molar-refractivity contribution is 5.80. The van der Waals surface area contributed by atoms with Crippen molar-refractivity contribution in [1.29, 1.82) is 0 Å². The van der Waals surface area contributed by atoms with E-state index in [1.54, 1.807) is 6.07 Å². The van der Waals surface area contributed by atoms with Gasteiger partial charge in [0.15, 0.2) is 0 Å². The molecule has 1 aliphatic rings. The number of rotatable bonds is 8. The highest BCUT2D eigenvalue weighted by atomic mass is 19.1. The third-order valence-corrected chi connectivity index (χ3v) is 5.88. The van der Waals surface area contributed by atoms with E-state index >= 15 is 0 Å². The fourth-order valence-electron chi connectivity index (χ4n) is 4.28. The first-order valence-electron chi connectivity index (χ1n) is 10.5. The van der Waals surface area contributed by atoms with Crippen molar-refractivity contribution in [3.05, 3.63) is 29.8 Å². The molecule has 0 bridgehead atoms. The Kier molecular flexibility index (Phi) is 6.75. The van der Waals surface area contributed by atoms with Gasteiger partial charge in [-0.05, 0) is 36.0 Å². The Morgan fingerprint density at radius 1 is 1.40 bits per heavy atom. The molecule has 1 aliphatic carbocycles. The van der Waals surface area contributed by atoms with Crippen molar-refractivity contribution in [2.24, 2.45) is 17.3 Å². The van der Waals surface area contributed by atoms with Crippen LogP contribution in [-0.2, 0) is 9.59 Å². The molecule has 0 unspecified atom stereocenters.